The van der Waals surface area contributed by atoms with E-state index in [-0.39, 0.29) is 0 Å². The first-order valence-corrected chi connectivity index (χ1v) is 5.39. The Morgan fingerprint density at radius 2 is 1.87 bits per heavy atom. The van der Waals surface area contributed by atoms with E-state index < -0.39 is 0 Å². The lowest BCUT2D eigenvalue weighted by Crippen LogP contribution is -2.31. The Bertz CT molecular complexity index is 279. The summed E-state index contributed by atoms with van der Waals surface area (Å²) in [4.78, 5) is 2.31. The molecule has 0 aliphatic heterocycles. The molecule has 0 bridgehead atoms. The average molecular weight is 207 g/mol. The molecule has 0 radical (unpaired) electrons. The second-order valence-corrected chi connectivity index (χ2v) is 4.12. The SMILES string of the molecule is CC(C)N(C)CCNc1ccc(N)cc1. The van der Waals surface area contributed by atoms with Gasteiger partial charge >= 0.3 is 0 Å². The molecule has 0 unspecified atom stereocenters. The molecule has 0 fully saturated rings. The number of nitrogens with one attached hydrogen (secondary N) is 1. The topological polar surface area (TPSA) is 41.3 Å². The van der Waals surface area contributed by atoms with Gasteiger partial charge in [-0.3, -0.25) is 0 Å². The summed E-state index contributed by atoms with van der Waals surface area (Å²) < 4.78 is 0. The fraction of sp³-hybridized carbons (Fsp3) is 0.500. The third-order valence-corrected chi connectivity index (χ3v) is 2.59. The molecule has 3 nitrogen and oxygen atoms in total. The summed E-state index contributed by atoms with van der Waals surface area (Å²) >= 11 is 0. The van der Waals surface area contributed by atoms with Gasteiger partial charge in [0.25, 0.3) is 0 Å². The number of benzene rings is 1. The van der Waals surface area contributed by atoms with Crippen molar-refractivity contribution in [2.75, 3.05) is 31.2 Å². The number of nitrogens with zero attached hydrogens (tertiary/aromatic N) is 1. The van der Waals surface area contributed by atoms with Gasteiger partial charge in [-0.15, -0.1) is 0 Å². The maximum absolute atomic E-state index is 5.61. The Labute approximate surface area is 92.3 Å². The van der Waals surface area contributed by atoms with E-state index in [1.807, 2.05) is 24.3 Å². The Hall–Kier alpha value is -1.22. The Kier molecular flexibility index (Phi) is 4.43. The Morgan fingerprint density at radius 3 is 2.40 bits per heavy atom. The van der Waals surface area contributed by atoms with Crippen molar-refractivity contribution < 1.29 is 0 Å². The van der Waals surface area contributed by atoms with E-state index in [9.17, 15) is 0 Å². The van der Waals surface area contributed by atoms with Crippen molar-refractivity contribution in [1.82, 2.24) is 4.90 Å². The van der Waals surface area contributed by atoms with Crippen LogP contribution in [0.25, 0.3) is 0 Å². The van der Waals surface area contributed by atoms with Gasteiger partial charge in [0.1, 0.15) is 0 Å². The van der Waals surface area contributed by atoms with Crippen molar-refractivity contribution in [3.8, 4) is 0 Å². The lowest BCUT2D eigenvalue weighted by atomic mass is 10.3. The molecule has 0 spiro atoms. The van der Waals surface area contributed by atoms with E-state index in [2.05, 4.69) is 31.1 Å². The van der Waals surface area contributed by atoms with Crippen LogP contribution in [0.5, 0.6) is 0 Å². The van der Waals surface area contributed by atoms with E-state index in [0.717, 1.165) is 24.5 Å². The van der Waals surface area contributed by atoms with Crippen molar-refractivity contribution in [1.29, 1.82) is 0 Å². The van der Waals surface area contributed by atoms with Gasteiger partial charge in [0.2, 0.25) is 0 Å². The predicted molar refractivity (Wildman–Crippen MR) is 67.1 cm³/mol. The molecule has 3 heteroatoms. The van der Waals surface area contributed by atoms with Crippen LogP contribution in [0.2, 0.25) is 0 Å². The van der Waals surface area contributed by atoms with E-state index in [4.69, 9.17) is 5.73 Å². The number of rotatable bonds is 5. The third-order valence-electron chi connectivity index (χ3n) is 2.59. The molecule has 0 saturated carbocycles. The maximum atomic E-state index is 5.61. The average Bonchev–Trinajstić information content (AvgIpc) is 2.20. The van der Waals surface area contributed by atoms with Gasteiger partial charge in [0.05, 0.1) is 0 Å². The van der Waals surface area contributed by atoms with Gasteiger partial charge in [-0.25, -0.2) is 0 Å². The van der Waals surface area contributed by atoms with Crippen LogP contribution in [0, 0.1) is 0 Å². The molecule has 1 aromatic carbocycles. The van der Waals surface area contributed by atoms with Crippen molar-refractivity contribution in [3.05, 3.63) is 24.3 Å². The van der Waals surface area contributed by atoms with Crippen molar-refractivity contribution in [2.24, 2.45) is 0 Å². The number of likely N-dealkylation sites (N-methyl/N-ethyl adjacent to an activating group) is 1. The van der Waals surface area contributed by atoms with E-state index in [1.165, 1.54) is 0 Å². The van der Waals surface area contributed by atoms with Crippen LogP contribution >= 0.6 is 0 Å². The number of nitrogens with two attached hydrogens (primary N) is 1. The fourth-order valence-corrected chi connectivity index (χ4v) is 1.24. The molecule has 15 heavy (non-hydrogen) atoms. The molecule has 0 amide bonds. The highest BCUT2D eigenvalue weighted by molar-refractivity contribution is 5.51. The minimum absolute atomic E-state index is 0.596. The third kappa shape index (κ3) is 4.21. The standard InChI is InChI=1S/C12H21N3/c1-10(2)15(3)9-8-14-12-6-4-11(13)5-7-12/h4-7,10,14H,8-9,13H2,1-3H3. The first-order valence-electron chi connectivity index (χ1n) is 5.39. The second-order valence-electron chi connectivity index (χ2n) is 4.12. The van der Waals surface area contributed by atoms with E-state index in [0.29, 0.717) is 6.04 Å². The van der Waals surface area contributed by atoms with Gasteiger partial charge < -0.3 is 16.0 Å². The summed E-state index contributed by atoms with van der Waals surface area (Å²) in [5, 5.41) is 3.36. The Morgan fingerprint density at radius 1 is 1.27 bits per heavy atom. The highest BCUT2D eigenvalue weighted by Gasteiger charge is 2.01. The summed E-state index contributed by atoms with van der Waals surface area (Å²) in [5.74, 6) is 0. The minimum atomic E-state index is 0.596. The number of hydrogen-bond donors (Lipinski definition) is 2. The second kappa shape index (κ2) is 5.61. The molecule has 1 aromatic rings. The highest BCUT2D eigenvalue weighted by Crippen LogP contribution is 2.09. The first kappa shape index (κ1) is 11.9. The van der Waals surface area contributed by atoms with Gasteiger partial charge in [-0.05, 0) is 45.2 Å². The van der Waals surface area contributed by atoms with Crippen molar-refractivity contribution >= 4 is 11.4 Å². The molecule has 0 saturated heterocycles. The lowest BCUT2D eigenvalue weighted by Gasteiger charge is -2.21. The highest BCUT2D eigenvalue weighted by atomic mass is 15.1. The molecule has 0 heterocycles. The minimum Gasteiger partial charge on any atom is -0.399 e. The van der Waals surface area contributed by atoms with Crippen LogP contribution in [0.4, 0.5) is 11.4 Å². The zero-order chi connectivity index (χ0) is 11.3. The monoisotopic (exact) mass is 207 g/mol. The van der Waals surface area contributed by atoms with Gasteiger partial charge in [-0.2, -0.15) is 0 Å². The van der Waals surface area contributed by atoms with Crippen molar-refractivity contribution in [3.63, 3.8) is 0 Å². The number of anilines is 2. The molecule has 3 N–H and O–H groups in total. The number of hydrogen-bond acceptors (Lipinski definition) is 3. The summed E-state index contributed by atoms with van der Waals surface area (Å²) in [5.41, 5.74) is 7.54. The van der Waals surface area contributed by atoms with E-state index in [1.54, 1.807) is 0 Å². The van der Waals surface area contributed by atoms with Crippen LogP contribution in [-0.2, 0) is 0 Å². The zero-order valence-corrected chi connectivity index (χ0v) is 9.83. The van der Waals surface area contributed by atoms with Crippen LogP contribution in [0.15, 0.2) is 24.3 Å². The Balaban J connectivity index is 2.29. The summed E-state index contributed by atoms with van der Waals surface area (Å²) in [6.07, 6.45) is 0. The lowest BCUT2D eigenvalue weighted by molar-refractivity contribution is 0.284. The largest absolute Gasteiger partial charge is 0.399 e. The smallest absolute Gasteiger partial charge is 0.0342 e. The summed E-state index contributed by atoms with van der Waals surface area (Å²) in [7, 11) is 2.13. The molecule has 0 aliphatic carbocycles. The van der Waals surface area contributed by atoms with Crippen molar-refractivity contribution in [2.45, 2.75) is 19.9 Å². The number of nitrogen functional groups attached to an aromatic ring is 1. The zero-order valence-electron chi connectivity index (χ0n) is 9.83. The molecular formula is C12H21N3. The van der Waals surface area contributed by atoms with Crippen LogP contribution in [-0.4, -0.2) is 31.1 Å². The van der Waals surface area contributed by atoms with Gasteiger partial charge in [0, 0.05) is 30.5 Å². The molecule has 0 aromatic heterocycles. The van der Waals surface area contributed by atoms with Gasteiger partial charge in [-0.1, -0.05) is 0 Å². The van der Waals surface area contributed by atoms with E-state index >= 15 is 0 Å². The molecule has 0 aliphatic rings. The van der Waals surface area contributed by atoms with Crippen LogP contribution in [0.1, 0.15) is 13.8 Å². The van der Waals surface area contributed by atoms with Crippen LogP contribution in [0.3, 0.4) is 0 Å². The first-order chi connectivity index (χ1) is 7.09. The molecule has 0 atom stereocenters. The normalized spacial score (nSPS) is 11.0. The van der Waals surface area contributed by atoms with Crippen LogP contribution < -0.4 is 11.1 Å². The molecule has 1 rings (SSSR count). The van der Waals surface area contributed by atoms with Gasteiger partial charge in [0.15, 0.2) is 0 Å². The fourth-order valence-electron chi connectivity index (χ4n) is 1.24. The summed E-state index contributed by atoms with van der Waals surface area (Å²) in [6, 6.07) is 8.43. The molecular weight excluding hydrogens is 186 g/mol. The summed E-state index contributed by atoms with van der Waals surface area (Å²) in [6.45, 7) is 6.40. The maximum Gasteiger partial charge on any atom is 0.0342 e. The predicted octanol–water partition coefficient (Wildman–Crippen LogP) is 2.02. The quantitative estimate of drug-likeness (QED) is 0.726. The molecule has 84 valence electrons.